The summed E-state index contributed by atoms with van der Waals surface area (Å²) in [4.78, 5) is 0. The molecule has 1 aliphatic rings. The van der Waals surface area contributed by atoms with Gasteiger partial charge in [-0.25, -0.2) is 0 Å². The minimum absolute atomic E-state index is 0.264. The average molecular weight is 146 g/mol. The molecule has 1 rings (SSSR count). The zero-order valence-corrected chi connectivity index (χ0v) is 7.44. The topological polar surface area (TPSA) is 18.5 Å². The van der Waals surface area contributed by atoms with E-state index in [1.165, 1.54) is 0 Å². The van der Waals surface area contributed by atoms with E-state index in [-0.39, 0.29) is 5.79 Å². The number of ether oxygens (including phenoxy) is 2. The fourth-order valence-corrected chi connectivity index (χ4v) is 0.915. The molecule has 1 unspecified atom stereocenters. The third-order valence-corrected chi connectivity index (χ3v) is 1.61. The Kier molecular flexibility index (Phi) is 4.65. The lowest BCUT2D eigenvalue weighted by molar-refractivity contribution is -0.178. The Bertz CT molecular complexity index is 75.3. The first-order valence-corrected chi connectivity index (χ1v) is 3.96. The SMILES string of the molecule is CC.COC1(C)CCCO1. The van der Waals surface area contributed by atoms with E-state index in [9.17, 15) is 0 Å². The summed E-state index contributed by atoms with van der Waals surface area (Å²) >= 11 is 0. The monoisotopic (exact) mass is 146 g/mol. The summed E-state index contributed by atoms with van der Waals surface area (Å²) in [6.45, 7) is 6.82. The van der Waals surface area contributed by atoms with E-state index in [0.717, 1.165) is 19.4 Å². The summed E-state index contributed by atoms with van der Waals surface area (Å²) in [5.74, 6) is -0.264. The van der Waals surface area contributed by atoms with E-state index >= 15 is 0 Å². The molecule has 0 saturated carbocycles. The van der Waals surface area contributed by atoms with Gasteiger partial charge in [-0.1, -0.05) is 13.8 Å². The van der Waals surface area contributed by atoms with E-state index in [0.29, 0.717) is 0 Å². The van der Waals surface area contributed by atoms with Crippen LogP contribution in [0.2, 0.25) is 0 Å². The summed E-state index contributed by atoms with van der Waals surface area (Å²) < 4.78 is 10.3. The highest BCUT2D eigenvalue weighted by Crippen LogP contribution is 2.24. The molecular formula is C8H18O2. The molecule has 1 heterocycles. The molecular weight excluding hydrogens is 128 g/mol. The quantitative estimate of drug-likeness (QED) is 0.564. The van der Waals surface area contributed by atoms with Gasteiger partial charge in [0.25, 0.3) is 0 Å². The van der Waals surface area contributed by atoms with Crippen molar-refractivity contribution in [1.82, 2.24) is 0 Å². The Morgan fingerprint density at radius 1 is 1.40 bits per heavy atom. The smallest absolute Gasteiger partial charge is 0.165 e. The van der Waals surface area contributed by atoms with Crippen LogP contribution in [-0.2, 0) is 9.47 Å². The van der Waals surface area contributed by atoms with E-state index in [1.807, 2.05) is 20.8 Å². The Morgan fingerprint density at radius 2 is 2.00 bits per heavy atom. The fraction of sp³-hybridized carbons (Fsp3) is 1.00. The highest BCUT2D eigenvalue weighted by atomic mass is 16.7. The maximum Gasteiger partial charge on any atom is 0.165 e. The van der Waals surface area contributed by atoms with Gasteiger partial charge in [-0.2, -0.15) is 0 Å². The number of rotatable bonds is 1. The molecule has 0 bridgehead atoms. The maximum atomic E-state index is 5.27. The molecule has 1 saturated heterocycles. The van der Waals surface area contributed by atoms with Crippen LogP contribution in [0, 0.1) is 0 Å². The first kappa shape index (κ1) is 9.92. The van der Waals surface area contributed by atoms with Crippen LogP contribution in [0.1, 0.15) is 33.6 Å². The van der Waals surface area contributed by atoms with Crippen LogP contribution in [0.4, 0.5) is 0 Å². The van der Waals surface area contributed by atoms with Crippen molar-refractivity contribution < 1.29 is 9.47 Å². The molecule has 0 radical (unpaired) electrons. The first-order chi connectivity index (χ1) is 4.77. The second-order valence-electron chi connectivity index (χ2n) is 2.29. The molecule has 2 nitrogen and oxygen atoms in total. The van der Waals surface area contributed by atoms with Crippen molar-refractivity contribution in [2.75, 3.05) is 13.7 Å². The zero-order valence-electron chi connectivity index (χ0n) is 7.44. The van der Waals surface area contributed by atoms with Crippen molar-refractivity contribution in [2.24, 2.45) is 0 Å². The molecule has 2 heteroatoms. The van der Waals surface area contributed by atoms with Crippen molar-refractivity contribution in [3.8, 4) is 0 Å². The second-order valence-corrected chi connectivity index (χ2v) is 2.29. The summed E-state index contributed by atoms with van der Waals surface area (Å²) in [5.41, 5.74) is 0. The molecule has 1 aliphatic heterocycles. The second kappa shape index (κ2) is 4.69. The van der Waals surface area contributed by atoms with Crippen molar-refractivity contribution in [3.63, 3.8) is 0 Å². The van der Waals surface area contributed by atoms with E-state index < -0.39 is 0 Å². The van der Waals surface area contributed by atoms with Gasteiger partial charge in [0, 0.05) is 13.5 Å². The molecule has 1 atom stereocenters. The van der Waals surface area contributed by atoms with Crippen LogP contribution in [0.5, 0.6) is 0 Å². The van der Waals surface area contributed by atoms with Gasteiger partial charge in [-0.05, 0) is 13.3 Å². The molecule has 0 N–H and O–H groups in total. The minimum Gasteiger partial charge on any atom is -0.353 e. The van der Waals surface area contributed by atoms with Crippen LogP contribution < -0.4 is 0 Å². The van der Waals surface area contributed by atoms with E-state index in [2.05, 4.69) is 0 Å². The molecule has 0 amide bonds. The van der Waals surface area contributed by atoms with Crippen LogP contribution >= 0.6 is 0 Å². The molecule has 10 heavy (non-hydrogen) atoms. The van der Waals surface area contributed by atoms with E-state index in [1.54, 1.807) is 7.11 Å². The molecule has 0 aliphatic carbocycles. The van der Waals surface area contributed by atoms with Crippen LogP contribution in [-0.4, -0.2) is 19.5 Å². The average Bonchev–Trinajstić information content (AvgIpc) is 2.42. The van der Waals surface area contributed by atoms with Gasteiger partial charge < -0.3 is 9.47 Å². The number of hydrogen-bond donors (Lipinski definition) is 0. The minimum atomic E-state index is -0.264. The Labute approximate surface area is 63.5 Å². The Morgan fingerprint density at radius 3 is 2.20 bits per heavy atom. The summed E-state index contributed by atoms with van der Waals surface area (Å²) in [7, 11) is 1.69. The summed E-state index contributed by atoms with van der Waals surface area (Å²) in [6, 6.07) is 0. The number of methoxy groups -OCH3 is 1. The van der Waals surface area contributed by atoms with Gasteiger partial charge in [0.05, 0.1) is 6.61 Å². The molecule has 0 aromatic carbocycles. The Balaban J connectivity index is 0.000000371. The van der Waals surface area contributed by atoms with Crippen molar-refractivity contribution in [1.29, 1.82) is 0 Å². The van der Waals surface area contributed by atoms with E-state index in [4.69, 9.17) is 9.47 Å². The standard InChI is InChI=1S/C6H12O2.C2H6/c1-6(7-2)4-3-5-8-6;1-2/h3-5H2,1-2H3;1-2H3. The van der Waals surface area contributed by atoms with Gasteiger partial charge in [0.1, 0.15) is 0 Å². The molecule has 1 fully saturated rings. The predicted octanol–water partition coefficient (Wildman–Crippen LogP) is 2.19. The lowest BCUT2D eigenvalue weighted by atomic mass is 10.2. The first-order valence-electron chi connectivity index (χ1n) is 3.96. The molecule has 62 valence electrons. The highest BCUT2D eigenvalue weighted by molar-refractivity contribution is 4.67. The largest absolute Gasteiger partial charge is 0.353 e. The fourth-order valence-electron chi connectivity index (χ4n) is 0.915. The normalized spacial score (nSPS) is 31.2. The number of hydrogen-bond acceptors (Lipinski definition) is 2. The van der Waals surface area contributed by atoms with Gasteiger partial charge in [0.2, 0.25) is 0 Å². The van der Waals surface area contributed by atoms with Gasteiger partial charge in [-0.3, -0.25) is 0 Å². The van der Waals surface area contributed by atoms with Crippen LogP contribution in [0.15, 0.2) is 0 Å². The van der Waals surface area contributed by atoms with Crippen LogP contribution in [0.25, 0.3) is 0 Å². The van der Waals surface area contributed by atoms with Gasteiger partial charge >= 0.3 is 0 Å². The summed E-state index contributed by atoms with van der Waals surface area (Å²) in [5, 5.41) is 0. The van der Waals surface area contributed by atoms with Crippen molar-refractivity contribution >= 4 is 0 Å². The molecule has 0 aromatic heterocycles. The highest BCUT2D eigenvalue weighted by Gasteiger charge is 2.28. The summed E-state index contributed by atoms with van der Waals surface area (Å²) in [6.07, 6.45) is 2.16. The molecule has 0 aromatic rings. The third kappa shape index (κ3) is 2.67. The van der Waals surface area contributed by atoms with Crippen molar-refractivity contribution in [3.05, 3.63) is 0 Å². The lowest BCUT2D eigenvalue weighted by Gasteiger charge is -2.19. The lowest BCUT2D eigenvalue weighted by Crippen LogP contribution is -2.24. The van der Waals surface area contributed by atoms with Crippen molar-refractivity contribution in [2.45, 2.75) is 39.4 Å². The van der Waals surface area contributed by atoms with Gasteiger partial charge in [-0.15, -0.1) is 0 Å². The molecule has 0 spiro atoms. The van der Waals surface area contributed by atoms with Gasteiger partial charge in [0.15, 0.2) is 5.79 Å². The predicted molar refractivity (Wildman–Crippen MR) is 41.9 cm³/mol. The maximum absolute atomic E-state index is 5.27. The zero-order chi connectivity index (χ0) is 8.04. The van der Waals surface area contributed by atoms with Crippen LogP contribution in [0.3, 0.4) is 0 Å². The third-order valence-electron chi connectivity index (χ3n) is 1.61. The Hall–Kier alpha value is -0.0800.